The van der Waals surface area contributed by atoms with Crippen molar-refractivity contribution >= 4 is 55.2 Å². The Hall–Kier alpha value is -1.44. The highest BCUT2D eigenvalue weighted by molar-refractivity contribution is 7.91. The third-order valence-corrected chi connectivity index (χ3v) is 9.70. The van der Waals surface area contributed by atoms with Crippen LogP contribution in [0.15, 0.2) is 16.3 Å². The maximum Gasteiger partial charge on any atom is 0.253 e. The average Bonchev–Trinajstić information content (AvgIpc) is 3.38. The molecule has 0 spiro atoms. The Morgan fingerprint density at radius 3 is 2.81 bits per heavy atom. The van der Waals surface area contributed by atoms with E-state index in [-0.39, 0.29) is 10.1 Å². The number of anilines is 1. The fourth-order valence-corrected chi connectivity index (χ4v) is 8.16. The van der Waals surface area contributed by atoms with Gasteiger partial charge in [-0.3, -0.25) is 4.79 Å². The van der Waals surface area contributed by atoms with Gasteiger partial charge in [0, 0.05) is 11.4 Å². The van der Waals surface area contributed by atoms with Gasteiger partial charge in [0.15, 0.2) is 0 Å². The number of hydrogen-bond acceptors (Lipinski definition) is 6. The van der Waals surface area contributed by atoms with Crippen molar-refractivity contribution in [3.05, 3.63) is 32.5 Å². The van der Waals surface area contributed by atoms with E-state index in [0.29, 0.717) is 34.3 Å². The van der Waals surface area contributed by atoms with Crippen LogP contribution in [0, 0.1) is 11.3 Å². The van der Waals surface area contributed by atoms with Crippen LogP contribution < -0.4 is 5.32 Å². The minimum atomic E-state index is -3.77. The Kier molecular flexibility index (Phi) is 5.03. The van der Waals surface area contributed by atoms with E-state index in [1.807, 2.05) is 0 Å². The van der Waals surface area contributed by atoms with E-state index in [9.17, 15) is 18.5 Å². The molecule has 1 aliphatic carbocycles. The van der Waals surface area contributed by atoms with Crippen molar-refractivity contribution in [2.45, 2.75) is 42.4 Å². The molecule has 1 fully saturated rings. The van der Waals surface area contributed by atoms with Crippen molar-refractivity contribution < 1.29 is 13.2 Å². The highest BCUT2D eigenvalue weighted by atomic mass is 35.5. The van der Waals surface area contributed by atoms with Gasteiger partial charge >= 0.3 is 0 Å². The van der Waals surface area contributed by atoms with Crippen LogP contribution in [0.25, 0.3) is 0 Å². The largest absolute Gasteiger partial charge is 0.315 e. The molecule has 1 amide bonds. The predicted octanol–water partition coefficient (Wildman–Crippen LogP) is 3.62. The van der Waals surface area contributed by atoms with Gasteiger partial charge in [-0.1, -0.05) is 11.6 Å². The van der Waals surface area contributed by atoms with Gasteiger partial charge in [-0.2, -0.15) is 9.57 Å². The summed E-state index contributed by atoms with van der Waals surface area (Å²) in [4.78, 5) is 14.0. The molecule has 0 radical (unpaired) electrons. The molecule has 3 heterocycles. The molecular weight excluding hydrogens is 426 g/mol. The zero-order valence-electron chi connectivity index (χ0n) is 14.2. The van der Waals surface area contributed by atoms with Gasteiger partial charge in [0.05, 0.1) is 9.90 Å². The third kappa shape index (κ3) is 3.30. The quantitative estimate of drug-likeness (QED) is 0.784. The van der Waals surface area contributed by atoms with Crippen LogP contribution >= 0.6 is 34.3 Å². The molecule has 6 nitrogen and oxygen atoms in total. The third-order valence-electron chi connectivity index (χ3n) is 4.89. The van der Waals surface area contributed by atoms with Crippen LogP contribution in [0.4, 0.5) is 5.00 Å². The van der Waals surface area contributed by atoms with Crippen molar-refractivity contribution in [1.29, 1.82) is 5.26 Å². The van der Waals surface area contributed by atoms with Crippen molar-refractivity contribution in [2.24, 2.45) is 0 Å². The number of rotatable bonds is 4. The van der Waals surface area contributed by atoms with E-state index >= 15 is 0 Å². The Bertz CT molecular complexity index is 1050. The Balaban J connectivity index is 1.58. The molecule has 1 saturated heterocycles. The first-order chi connectivity index (χ1) is 12.9. The minimum Gasteiger partial charge on any atom is -0.315 e. The molecule has 1 atom stereocenters. The SMILES string of the molecule is N#Cc1c(NC(=O)[C@H]2CCCN2S(=O)(=O)c2ccc(Cl)s2)sc2c1CCC2. The summed E-state index contributed by atoms with van der Waals surface area (Å²) in [6.07, 6.45) is 3.88. The lowest BCUT2D eigenvalue weighted by Crippen LogP contribution is -2.42. The summed E-state index contributed by atoms with van der Waals surface area (Å²) in [7, 11) is -3.77. The van der Waals surface area contributed by atoms with Crippen molar-refractivity contribution in [3.63, 3.8) is 0 Å². The normalized spacial score (nSPS) is 19.8. The van der Waals surface area contributed by atoms with Crippen molar-refractivity contribution in [2.75, 3.05) is 11.9 Å². The molecule has 0 saturated carbocycles. The Morgan fingerprint density at radius 2 is 2.11 bits per heavy atom. The number of halogens is 1. The number of fused-ring (bicyclic) bond motifs is 1. The van der Waals surface area contributed by atoms with Gasteiger partial charge in [0.1, 0.15) is 21.3 Å². The molecular formula is C17H16ClN3O3S3. The van der Waals surface area contributed by atoms with Gasteiger partial charge in [-0.05, 0) is 49.8 Å². The first-order valence-electron chi connectivity index (χ1n) is 8.54. The summed E-state index contributed by atoms with van der Waals surface area (Å²) in [6.45, 7) is 0.294. The molecule has 0 unspecified atom stereocenters. The second-order valence-corrected chi connectivity index (χ2v) is 11.4. The van der Waals surface area contributed by atoms with E-state index in [4.69, 9.17) is 11.6 Å². The van der Waals surface area contributed by atoms with Crippen LogP contribution in [0.2, 0.25) is 4.34 Å². The second kappa shape index (κ2) is 7.18. The first kappa shape index (κ1) is 18.9. The maximum absolute atomic E-state index is 12.9. The number of nitriles is 1. The lowest BCUT2D eigenvalue weighted by atomic mass is 10.1. The van der Waals surface area contributed by atoms with E-state index in [1.54, 1.807) is 0 Å². The molecule has 142 valence electrons. The smallest absolute Gasteiger partial charge is 0.253 e. The molecule has 0 bridgehead atoms. The molecule has 0 aromatic carbocycles. The monoisotopic (exact) mass is 441 g/mol. The maximum atomic E-state index is 12.9. The number of thiophene rings is 2. The number of carbonyl (C=O) groups excluding carboxylic acids is 1. The summed E-state index contributed by atoms with van der Waals surface area (Å²) in [5, 5.41) is 12.8. The zero-order valence-corrected chi connectivity index (χ0v) is 17.4. The molecule has 1 N–H and O–H groups in total. The van der Waals surface area contributed by atoms with Gasteiger partial charge in [-0.25, -0.2) is 8.42 Å². The standard InChI is InChI=1S/C17H16ClN3O3S3/c18-14-6-7-15(26-14)27(23,24)21-8-2-4-12(21)16(22)20-17-11(9-19)10-3-1-5-13(10)25-17/h6-7,12H,1-5,8H2,(H,20,22)/t12-/m1/s1. The number of sulfonamides is 1. The molecule has 4 rings (SSSR count). The molecule has 2 aromatic heterocycles. The number of carbonyl (C=O) groups is 1. The lowest BCUT2D eigenvalue weighted by molar-refractivity contribution is -0.119. The van der Waals surface area contributed by atoms with Crippen LogP contribution in [0.3, 0.4) is 0 Å². The van der Waals surface area contributed by atoms with E-state index < -0.39 is 16.1 Å². The lowest BCUT2D eigenvalue weighted by Gasteiger charge is -2.22. The molecule has 10 heteroatoms. The van der Waals surface area contributed by atoms with Gasteiger partial charge < -0.3 is 5.32 Å². The van der Waals surface area contributed by atoms with Gasteiger partial charge in [0.25, 0.3) is 10.0 Å². The van der Waals surface area contributed by atoms with Gasteiger partial charge in [0.2, 0.25) is 5.91 Å². The number of nitrogens with zero attached hydrogens (tertiary/aromatic N) is 2. The minimum absolute atomic E-state index is 0.139. The average molecular weight is 442 g/mol. The summed E-state index contributed by atoms with van der Waals surface area (Å²) < 4.78 is 27.6. The molecule has 1 aliphatic heterocycles. The Labute approximate surface area is 170 Å². The fraction of sp³-hybridized carbons (Fsp3) is 0.412. The zero-order chi connectivity index (χ0) is 19.2. The first-order valence-corrected chi connectivity index (χ1v) is 12.0. The van der Waals surface area contributed by atoms with Crippen LogP contribution in [-0.2, 0) is 27.7 Å². The van der Waals surface area contributed by atoms with Crippen molar-refractivity contribution in [3.8, 4) is 6.07 Å². The van der Waals surface area contributed by atoms with E-state index in [0.717, 1.165) is 41.0 Å². The fourth-order valence-electron chi connectivity index (χ4n) is 3.65. The molecule has 27 heavy (non-hydrogen) atoms. The second-order valence-electron chi connectivity index (χ2n) is 6.49. The number of nitrogens with one attached hydrogen (secondary N) is 1. The van der Waals surface area contributed by atoms with Crippen molar-refractivity contribution in [1.82, 2.24) is 4.31 Å². The number of hydrogen-bond donors (Lipinski definition) is 1. The highest BCUT2D eigenvalue weighted by Gasteiger charge is 2.40. The molecule has 2 aromatic rings. The summed E-state index contributed by atoms with van der Waals surface area (Å²) >= 11 is 8.29. The molecule has 2 aliphatic rings. The number of amides is 1. The predicted molar refractivity (Wildman–Crippen MR) is 106 cm³/mol. The van der Waals surface area contributed by atoms with Crippen LogP contribution in [-0.4, -0.2) is 31.2 Å². The van der Waals surface area contributed by atoms with Crippen LogP contribution in [0.1, 0.15) is 35.3 Å². The number of aryl methyl sites for hydroxylation is 1. The van der Waals surface area contributed by atoms with E-state index in [2.05, 4.69) is 11.4 Å². The topological polar surface area (TPSA) is 90.3 Å². The summed E-state index contributed by atoms with van der Waals surface area (Å²) in [5.41, 5.74) is 1.56. The van der Waals surface area contributed by atoms with Gasteiger partial charge in [-0.15, -0.1) is 22.7 Å². The Morgan fingerprint density at radius 1 is 1.30 bits per heavy atom. The van der Waals surface area contributed by atoms with Crippen LogP contribution in [0.5, 0.6) is 0 Å². The summed E-state index contributed by atoms with van der Waals surface area (Å²) in [6, 6.07) is 4.42. The summed E-state index contributed by atoms with van der Waals surface area (Å²) in [5.74, 6) is -0.379. The highest BCUT2D eigenvalue weighted by Crippen LogP contribution is 2.39. The van der Waals surface area contributed by atoms with E-state index in [1.165, 1.54) is 27.8 Å².